The number of aromatic carboxylic acids is 1. The van der Waals surface area contributed by atoms with Crippen LogP contribution in [0.5, 0.6) is 0 Å². The molecule has 0 aliphatic heterocycles. The monoisotopic (exact) mass is 269 g/mol. The van der Waals surface area contributed by atoms with E-state index < -0.39 is 5.97 Å². The molecule has 0 amide bonds. The average Bonchev–Trinajstić information content (AvgIpc) is 2.99. The van der Waals surface area contributed by atoms with Crippen LogP contribution in [0.25, 0.3) is 10.9 Å². The van der Waals surface area contributed by atoms with Crippen LogP contribution in [0.2, 0.25) is 0 Å². The van der Waals surface area contributed by atoms with Crippen LogP contribution in [0, 0.1) is 0 Å². The molecule has 3 rings (SSSR count). The van der Waals surface area contributed by atoms with Crippen molar-refractivity contribution >= 4 is 16.9 Å². The lowest BCUT2D eigenvalue weighted by atomic mass is 9.97. The molecular formula is C17H19NO2. The van der Waals surface area contributed by atoms with Gasteiger partial charge in [0, 0.05) is 17.0 Å². The standard InChI is InChI=1S/C17H19NO2/c1-2-11-8-5-9-13-14(17(19)20)10-15(18-16(11)13)12-6-3-4-7-12/h5,8-10,12H,2-4,6-7H2,1H3,(H,19,20). The minimum atomic E-state index is -0.857. The Labute approximate surface area is 118 Å². The minimum absolute atomic E-state index is 0.396. The summed E-state index contributed by atoms with van der Waals surface area (Å²) in [6.45, 7) is 2.08. The highest BCUT2D eigenvalue weighted by atomic mass is 16.4. The molecule has 3 nitrogen and oxygen atoms in total. The largest absolute Gasteiger partial charge is 0.478 e. The molecule has 2 aromatic rings. The van der Waals surface area contributed by atoms with Gasteiger partial charge in [0.25, 0.3) is 0 Å². The van der Waals surface area contributed by atoms with Gasteiger partial charge in [-0.25, -0.2) is 4.79 Å². The Morgan fingerprint density at radius 3 is 2.75 bits per heavy atom. The maximum Gasteiger partial charge on any atom is 0.336 e. The fraction of sp³-hybridized carbons (Fsp3) is 0.412. The summed E-state index contributed by atoms with van der Waals surface area (Å²) in [6.07, 6.45) is 5.58. The van der Waals surface area contributed by atoms with E-state index in [4.69, 9.17) is 4.98 Å². The maximum absolute atomic E-state index is 11.6. The van der Waals surface area contributed by atoms with Gasteiger partial charge >= 0.3 is 5.97 Å². The predicted molar refractivity (Wildman–Crippen MR) is 79.3 cm³/mol. The predicted octanol–water partition coefficient (Wildman–Crippen LogP) is 4.15. The molecule has 0 atom stereocenters. The number of nitrogens with zero attached hydrogens (tertiary/aromatic N) is 1. The van der Waals surface area contributed by atoms with E-state index in [2.05, 4.69) is 6.92 Å². The molecule has 0 saturated heterocycles. The fourth-order valence-corrected chi connectivity index (χ4v) is 3.22. The Balaban J connectivity index is 2.25. The van der Waals surface area contributed by atoms with Crippen molar-refractivity contribution < 1.29 is 9.90 Å². The molecule has 1 aromatic heterocycles. The second-order valence-corrected chi connectivity index (χ2v) is 5.55. The van der Waals surface area contributed by atoms with Gasteiger partial charge in [-0.1, -0.05) is 38.0 Å². The molecule has 104 valence electrons. The molecule has 0 bridgehead atoms. The summed E-state index contributed by atoms with van der Waals surface area (Å²) in [5.74, 6) is -0.424. The van der Waals surface area contributed by atoms with E-state index in [-0.39, 0.29) is 0 Å². The lowest BCUT2D eigenvalue weighted by Crippen LogP contribution is -2.05. The number of rotatable bonds is 3. The maximum atomic E-state index is 11.6. The minimum Gasteiger partial charge on any atom is -0.478 e. The van der Waals surface area contributed by atoms with Gasteiger partial charge in [0.1, 0.15) is 0 Å². The molecule has 1 saturated carbocycles. The second kappa shape index (κ2) is 5.23. The van der Waals surface area contributed by atoms with Gasteiger partial charge in [0.2, 0.25) is 0 Å². The van der Waals surface area contributed by atoms with Crippen molar-refractivity contribution in [3.8, 4) is 0 Å². The number of pyridine rings is 1. The summed E-state index contributed by atoms with van der Waals surface area (Å²) in [5.41, 5.74) is 3.36. The number of fused-ring (bicyclic) bond motifs is 1. The molecular weight excluding hydrogens is 250 g/mol. The third kappa shape index (κ3) is 2.17. The van der Waals surface area contributed by atoms with E-state index in [1.165, 1.54) is 12.8 Å². The lowest BCUT2D eigenvalue weighted by Gasteiger charge is -2.13. The van der Waals surface area contributed by atoms with Crippen molar-refractivity contribution in [1.82, 2.24) is 4.98 Å². The number of carbonyl (C=O) groups is 1. The molecule has 1 aromatic carbocycles. The van der Waals surface area contributed by atoms with Crippen molar-refractivity contribution in [2.45, 2.75) is 44.9 Å². The first-order chi connectivity index (χ1) is 9.70. The molecule has 1 aliphatic rings. The number of hydrogen-bond donors (Lipinski definition) is 1. The second-order valence-electron chi connectivity index (χ2n) is 5.55. The topological polar surface area (TPSA) is 50.2 Å². The van der Waals surface area contributed by atoms with Crippen LogP contribution in [-0.4, -0.2) is 16.1 Å². The number of benzene rings is 1. The smallest absolute Gasteiger partial charge is 0.336 e. The van der Waals surface area contributed by atoms with Crippen LogP contribution in [0.1, 0.15) is 60.1 Å². The van der Waals surface area contributed by atoms with Gasteiger partial charge in [-0.2, -0.15) is 0 Å². The Morgan fingerprint density at radius 2 is 2.10 bits per heavy atom. The SMILES string of the molecule is CCc1cccc2c(C(=O)O)cc(C3CCCC3)nc12. The van der Waals surface area contributed by atoms with Crippen LogP contribution in [0.3, 0.4) is 0 Å². The Morgan fingerprint density at radius 1 is 1.35 bits per heavy atom. The summed E-state index contributed by atoms with van der Waals surface area (Å²) in [4.78, 5) is 16.4. The van der Waals surface area contributed by atoms with E-state index >= 15 is 0 Å². The summed E-state index contributed by atoms with van der Waals surface area (Å²) >= 11 is 0. The Hall–Kier alpha value is -1.90. The zero-order valence-corrected chi connectivity index (χ0v) is 11.7. The van der Waals surface area contributed by atoms with Crippen LogP contribution in [0.4, 0.5) is 0 Å². The van der Waals surface area contributed by atoms with Crippen molar-refractivity contribution in [2.75, 3.05) is 0 Å². The van der Waals surface area contributed by atoms with Crippen molar-refractivity contribution in [3.05, 3.63) is 41.1 Å². The number of aromatic nitrogens is 1. The summed E-state index contributed by atoms with van der Waals surface area (Å²) in [7, 11) is 0. The number of hydrogen-bond acceptors (Lipinski definition) is 2. The number of para-hydroxylation sites is 1. The highest BCUT2D eigenvalue weighted by Crippen LogP contribution is 2.35. The molecule has 1 aliphatic carbocycles. The number of carboxylic acids is 1. The zero-order valence-electron chi connectivity index (χ0n) is 11.7. The van der Waals surface area contributed by atoms with Gasteiger partial charge in [-0.3, -0.25) is 4.98 Å². The Bertz CT molecular complexity index is 657. The normalized spacial score (nSPS) is 15.8. The molecule has 0 unspecified atom stereocenters. The highest BCUT2D eigenvalue weighted by molar-refractivity contribution is 6.03. The van der Waals surface area contributed by atoms with Crippen LogP contribution in [0.15, 0.2) is 24.3 Å². The lowest BCUT2D eigenvalue weighted by molar-refractivity contribution is 0.0699. The molecule has 0 radical (unpaired) electrons. The first kappa shape index (κ1) is 13.1. The first-order valence-electron chi connectivity index (χ1n) is 7.36. The van der Waals surface area contributed by atoms with Gasteiger partial charge in [-0.15, -0.1) is 0 Å². The van der Waals surface area contributed by atoms with Gasteiger partial charge in [0.05, 0.1) is 11.1 Å². The van der Waals surface area contributed by atoms with E-state index in [1.807, 2.05) is 18.2 Å². The van der Waals surface area contributed by atoms with E-state index in [0.717, 1.165) is 41.4 Å². The van der Waals surface area contributed by atoms with Crippen molar-refractivity contribution in [3.63, 3.8) is 0 Å². The van der Waals surface area contributed by atoms with E-state index in [9.17, 15) is 9.90 Å². The average molecular weight is 269 g/mol. The quantitative estimate of drug-likeness (QED) is 0.910. The summed E-state index contributed by atoms with van der Waals surface area (Å²) < 4.78 is 0. The molecule has 1 heterocycles. The van der Waals surface area contributed by atoms with Gasteiger partial charge in [0.15, 0.2) is 0 Å². The van der Waals surface area contributed by atoms with Crippen LogP contribution < -0.4 is 0 Å². The van der Waals surface area contributed by atoms with Crippen molar-refractivity contribution in [1.29, 1.82) is 0 Å². The molecule has 1 fully saturated rings. The third-order valence-electron chi connectivity index (χ3n) is 4.33. The number of carboxylic acid groups (broad SMARTS) is 1. The molecule has 0 spiro atoms. The fourth-order valence-electron chi connectivity index (χ4n) is 3.22. The molecule has 3 heteroatoms. The van der Waals surface area contributed by atoms with E-state index in [1.54, 1.807) is 6.07 Å². The van der Waals surface area contributed by atoms with Crippen LogP contribution >= 0.6 is 0 Å². The first-order valence-corrected chi connectivity index (χ1v) is 7.36. The van der Waals surface area contributed by atoms with Gasteiger partial charge < -0.3 is 5.11 Å². The summed E-state index contributed by atoms with van der Waals surface area (Å²) in [6, 6.07) is 7.62. The van der Waals surface area contributed by atoms with Gasteiger partial charge in [-0.05, 0) is 30.9 Å². The van der Waals surface area contributed by atoms with Crippen molar-refractivity contribution in [2.24, 2.45) is 0 Å². The highest BCUT2D eigenvalue weighted by Gasteiger charge is 2.22. The number of aryl methyl sites for hydroxylation is 1. The molecule has 20 heavy (non-hydrogen) atoms. The molecule has 1 N–H and O–H groups in total. The van der Waals surface area contributed by atoms with Crippen LogP contribution in [-0.2, 0) is 6.42 Å². The zero-order chi connectivity index (χ0) is 14.1. The Kier molecular flexibility index (Phi) is 3.43. The van der Waals surface area contributed by atoms with E-state index in [0.29, 0.717) is 11.5 Å². The summed E-state index contributed by atoms with van der Waals surface area (Å²) in [5, 5.41) is 10.2. The third-order valence-corrected chi connectivity index (χ3v) is 4.33.